The van der Waals surface area contributed by atoms with Crippen LogP contribution in [0, 0.1) is 0 Å². The number of hydrogen-bond acceptors (Lipinski definition) is 5. The van der Waals surface area contributed by atoms with E-state index in [9.17, 15) is 0 Å². The molecule has 1 aromatic carbocycles. The lowest BCUT2D eigenvalue weighted by molar-refractivity contribution is 0.806. The molecule has 0 saturated heterocycles. The normalized spacial score (nSPS) is 13.0. The molecule has 1 aliphatic heterocycles. The van der Waals surface area contributed by atoms with E-state index in [0.717, 1.165) is 57.0 Å². The lowest BCUT2D eigenvalue weighted by Gasteiger charge is -2.21. The summed E-state index contributed by atoms with van der Waals surface area (Å²) in [5, 5.41) is 4.40. The molecule has 1 aliphatic carbocycles. The fraction of sp³-hybridized carbons (Fsp3) is 0.250. The highest BCUT2D eigenvalue weighted by Gasteiger charge is 2.17. The number of fused-ring (bicyclic) bond motifs is 2. The third-order valence-corrected chi connectivity index (χ3v) is 5.78. The van der Waals surface area contributed by atoms with Crippen LogP contribution in [0.15, 0.2) is 84.1 Å². The zero-order chi connectivity index (χ0) is 23.9. The minimum atomic E-state index is 0.154. The van der Waals surface area contributed by atoms with Crippen molar-refractivity contribution >= 4 is 39.9 Å². The molecule has 0 saturated carbocycles. The SMILES string of the molecule is CC/C=C(\C=C/CSC)n1c2cc(=NC(C)C)c(Nc3cccnc3)cc-2nc2ccccc21. The predicted octanol–water partition coefficient (Wildman–Crippen LogP) is 6.76. The van der Waals surface area contributed by atoms with Crippen molar-refractivity contribution in [3.05, 3.63) is 84.5 Å². The van der Waals surface area contributed by atoms with Gasteiger partial charge in [-0.25, -0.2) is 4.98 Å². The minimum absolute atomic E-state index is 0.154. The number of hydrogen-bond donors (Lipinski definition) is 1. The first-order chi connectivity index (χ1) is 16.6. The van der Waals surface area contributed by atoms with Gasteiger partial charge in [0.15, 0.2) is 0 Å². The van der Waals surface area contributed by atoms with Gasteiger partial charge in [-0.1, -0.05) is 31.2 Å². The Hall–Kier alpha value is -3.38. The second-order valence-electron chi connectivity index (χ2n) is 8.28. The Labute approximate surface area is 205 Å². The molecule has 2 aromatic rings. The molecule has 34 heavy (non-hydrogen) atoms. The second kappa shape index (κ2) is 11.2. The number of nitrogens with one attached hydrogen (secondary N) is 1. The van der Waals surface area contributed by atoms with Gasteiger partial charge in [0.1, 0.15) is 0 Å². The molecule has 1 N–H and O–H groups in total. The quantitative estimate of drug-likeness (QED) is 0.229. The Balaban J connectivity index is 2.03. The van der Waals surface area contributed by atoms with Crippen LogP contribution in [-0.4, -0.2) is 32.6 Å². The van der Waals surface area contributed by atoms with E-state index < -0.39 is 0 Å². The number of thioether (sulfide) groups is 1. The van der Waals surface area contributed by atoms with Crippen LogP contribution in [0.25, 0.3) is 28.1 Å². The van der Waals surface area contributed by atoms with E-state index in [1.165, 1.54) is 0 Å². The van der Waals surface area contributed by atoms with Gasteiger partial charge in [0.2, 0.25) is 0 Å². The van der Waals surface area contributed by atoms with Crippen molar-refractivity contribution in [3.8, 4) is 11.4 Å². The number of rotatable bonds is 8. The number of para-hydroxylation sites is 2. The molecule has 0 amide bonds. The van der Waals surface area contributed by atoms with Crippen LogP contribution in [0.1, 0.15) is 27.2 Å². The van der Waals surface area contributed by atoms with Crippen molar-refractivity contribution in [2.24, 2.45) is 4.99 Å². The molecule has 0 atom stereocenters. The Morgan fingerprint density at radius 1 is 1.18 bits per heavy atom. The van der Waals surface area contributed by atoms with E-state index in [1.807, 2.05) is 36.2 Å². The number of nitrogens with zero attached hydrogens (tertiary/aromatic N) is 4. The van der Waals surface area contributed by atoms with E-state index in [1.54, 1.807) is 6.20 Å². The van der Waals surface area contributed by atoms with E-state index in [-0.39, 0.29) is 6.04 Å². The zero-order valence-electron chi connectivity index (χ0n) is 20.2. The molecular formula is C28H31N5S. The standard InChI is InChI=1S/C28H31N5S/c1-5-10-22(12-9-16-34-4)33-27-14-7-6-13-23(27)32-26-17-24(31-21-11-8-15-29-19-21)25(18-28(26)33)30-20(2)3/h6-15,17-20,31H,5,16H2,1-4H3/b12-9-,22-10+,30-25?. The third-order valence-electron chi connectivity index (χ3n) is 5.26. The summed E-state index contributed by atoms with van der Waals surface area (Å²) >= 11 is 1.81. The van der Waals surface area contributed by atoms with E-state index in [0.29, 0.717) is 0 Å². The first-order valence-electron chi connectivity index (χ1n) is 11.6. The molecule has 2 heterocycles. The molecule has 0 spiro atoms. The molecule has 174 valence electrons. The first kappa shape index (κ1) is 23.8. The Morgan fingerprint density at radius 3 is 2.76 bits per heavy atom. The number of benzene rings is 2. The Bertz CT molecular complexity index is 1350. The number of allylic oxidation sites excluding steroid dienone is 3. The molecule has 0 unspecified atom stereocenters. The molecule has 0 radical (unpaired) electrons. The van der Waals surface area contributed by atoms with Crippen molar-refractivity contribution < 1.29 is 0 Å². The maximum absolute atomic E-state index is 5.03. The van der Waals surface area contributed by atoms with Crippen LogP contribution in [0.4, 0.5) is 11.4 Å². The molecule has 0 fully saturated rings. The summed E-state index contributed by atoms with van der Waals surface area (Å²) in [4.78, 5) is 14.2. The highest BCUT2D eigenvalue weighted by Crippen LogP contribution is 2.30. The van der Waals surface area contributed by atoms with Crippen LogP contribution < -0.4 is 10.7 Å². The van der Waals surface area contributed by atoms with Crippen molar-refractivity contribution in [2.45, 2.75) is 33.2 Å². The second-order valence-corrected chi connectivity index (χ2v) is 9.19. The van der Waals surface area contributed by atoms with Gasteiger partial charge in [0.25, 0.3) is 0 Å². The third kappa shape index (κ3) is 5.39. The summed E-state index contributed by atoms with van der Waals surface area (Å²) in [6.45, 7) is 6.36. The van der Waals surface area contributed by atoms with Crippen LogP contribution in [0.2, 0.25) is 0 Å². The molecule has 5 nitrogen and oxygen atoms in total. The van der Waals surface area contributed by atoms with Gasteiger partial charge in [-0.2, -0.15) is 11.8 Å². The van der Waals surface area contributed by atoms with Gasteiger partial charge in [0, 0.05) is 23.7 Å². The molecule has 1 aromatic heterocycles. The summed E-state index contributed by atoms with van der Waals surface area (Å²) in [5.74, 6) is 0.968. The summed E-state index contributed by atoms with van der Waals surface area (Å²) in [6, 6.07) is 16.6. The maximum atomic E-state index is 5.03. The predicted molar refractivity (Wildman–Crippen MR) is 147 cm³/mol. The van der Waals surface area contributed by atoms with Gasteiger partial charge in [0.05, 0.1) is 45.4 Å². The van der Waals surface area contributed by atoms with Crippen molar-refractivity contribution in [3.63, 3.8) is 0 Å². The van der Waals surface area contributed by atoms with Gasteiger partial charge in [-0.15, -0.1) is 0 Å². The topological polar surface area (TPSA) is 55.1 Å². The fourth-order valence-corrected chi connectivity index (χ4v) is 4.19. The van der Waals surface area contributed by atoms with E-state index in [4.69, 9.17) is 9.98 Å². The minimum Gasteiger partial charge on any atom is -0.352 e. The summed E-state index contributed by atoms with van der Waals surface area (Å²) in [7, 11) is 0. The largest absolute Gasteiger partial charge is 0.352 e. The summed E-state index contributed by atoms with van der Waals surface area (Å²) in [5.41, 5.74) is 6.95. The monoisotopic (exact) mass is 469 g/mol. The number of pyridine rings is 1. The first-order valence-corrected chi connectivity index (χ1v) is 13.0. The Kier molecular flexibility index (Phi) is 7.80. The zero-order valence-corrected chi connectivity index (χ0v) is 21.0. The molecule has 0 bridgehead atoms. The van der Waals surface area contributed by atoms with Crippen molar-refractivity contribution in [1.29, 1.82) is 0 Å². The Morgan fingerprint density at radius 2 is 2.03 bits per heavy atom. The molecule has 4 rings (SSSR count). The van der Waals surface area contributed by atoms with Gasteiger partial charge in [-0.3, -0.25) is 9.98 Å². The maximum Gasteiger partial charge on any atom is 0.0900 e. The smallest absolute Gasteiger partial charge is 0.0900 e. The number of anilines is 2. The lowest BCUT2D eigenvalue weighted by Crippen LogP contribution is -2.16. The molecule has 2 aliphatic rings. The van der Waals surface area contributed by atoms with Crippen LogP contribution in [-0.2, 0) is 0 Å². The average Bonchev–Trinajstić information content (AvgIpc) is 2.83. The number of aromatic nitrogens is 3. The van der Waals surface area contributed by atoms with Gasteiger partial charge in [-0.05, 0) is 69.0 Å². The summed E-state index contributed by atoms with van der Waals surface area (Å²) < 4.78 is 2.31. The highest BCUT2D eigenvalue weighted by atomic mass is 32.2. The fourth-order valence-electron chi connectivity index (χ4n) is 3.91. The van der Waals surface area contributed by atoms with E-state index in [2.05, 4.69) is 90.5 Å². The van der Waals surface area contributed by atoms with E-state index >= 15 is 0 Å². The van der Waals surface area contributed by atoms with Gasteiger partial charge >= 0.3 is 0 Å². The van der Waals surface area contributed by atoms with Crippen LogP contribution in [0.5, 0.6) is 0 Å². The van der Waals surface area contributed by atoms with Crippen LogP contribution in [0.3, 0.4) is 0 Å². The van der Waals surface area contributed by atoms with Crippen LogP contribution >= 0.6 is 11.8 Å². The highest BCUT2D eigenvalue weighted by molar-refractivity contribution is 7.98. The molecule has 6 heteroatoms. The average molecular weight is 470 g/mol. The molecular weight excluding hydrogens is 438 g/mol. The van der Waals surface area contributed by atoms with Gasteiger partial charge < -0.3 is 9.88 Å². The summed E-state index contributed by atoms with van der Waals surface area (Å²) in [6.07, 6.45) is 13.3. The van der Waals surface area contributed by atoms with Crippen molar-refractivity contribution in [2.75, 3.05) is 17.3 Å². The lowest BCUT2D eigenvalue weighted by atomic mass is 10.1. The van der Waals surface area contributed by atoms with Crippen molar-refractivity contribution in [1.82, 2.24) is 14.5 Å².